The molecule has 6 heteroatoms. The maximum absolute atomic E-state index is 10.2. The Bertz CT molecular complexity index is 725. The van der Waals surface area contributed by atoms with E-state index in [1.165, 1.54) is 50.9 Å². The van der Waals surface area contributed by atoms with Crippen LogP contribution in [-0.4, -0.2) is 17.5 Å². The van der Waals surface area contributed by atoms with Gasteiger partial charge in [0.25, 0.3) is 5.82 Å². The minimum Gasteiger partial charge on any atom is -0.748 e. The number of imidazole rings is 1. The Morgan fingerprint density at radius 2 is 1.65 bits per heavy atom. The van der Waals surface area contributed by atoms with E-state index in [4.69, 9.17) is 0 Å². The normalized spacial score (nSPS) is 11.1. The number of unbranched alkanes of at least 4 members (excludes halogenated alkanes) is 5. The van der Waals surface area contributed by atoms with Gasteiger partial charge >= 0.3 is 0 Å². The number of hydrogen-bond donors (Lipinski definition) is 0. The van der Waals surface area contributed by atoms with E-state index in [-0.39, 0.29) is 0 Å². The van der Waals surface area contributed by atoms with Gasteiger partial charge in [0.05, 0.1) is 29.5 Å². The summed E-state index contributed by atoms with van der Waals surface area (Å²) < 4.78 is 35.3. The molecule has 0 N–H and O–H groups in total. The van der Waals surface area contributed by atoms with Crippen molar-refractivity contribution in [1.82, 2.24) is 4.57 Å². The highest BCUT2D eigenvalue weighted by Crippen LogP contribution is 2.06. The number of rotatable bonds is 9. The van der Waals surface area contributed by atoms with Crippen LogP contribution in [0.25, 0.3) is 0 Å². The summed E-state index contributed by atoms with van der Waals surface area (Å²) in [5.41, 5.74) is 0.530. The Labute approximate surface area is 158 Å². The number of benzene rings is 1. The summed E-state index contributed by atoms with van der Waals surface area (Å²) in [5, 5.41) is 0. The second-order valence-electron chi connectivity index (χ2n) is 6.61. The largest absolute Gasteiger partial charge is 0.748 e. The quantitative estimate of drug-likeness (QED) is 0.378. The van der Waals surface area contributed by atoms with Crippen molar-refractivity contribution >= 4 is 10.1 Å². The van der Waals surface area contributed by atoms with E-state index in [0.29, 0.717) is 5.56 Å². The second kappa shape index (κ2) is 11.9. The van der Waals surface area contributed by atoms with Crippen LogP contribution < -0.4 is 4.57 Å². The molecule has 0 fully saturated rings. The zero-order chi connectivity index (χ0) is 19.4. The molecular weight excluding hydrogens is 348 g/mol. The molecule has 0 bridgehead atoms. The van der Waals surface area contributed by atoms with Gasteiger partial charge in [0, 0.05) is 6.92 Å². The summed E-state index contributed by atoms with van der Waals surface area (Å²) in [6.45, 7) is 5.62. The first-order valence-corrected chi connectivity index (χ1v) is 10.9. The molecule has 1 heterocycles. The van der Waals surface area contributed by atoms with Crippen LogP contribution in [0.5, 0.6) is 0 Å². The van der Waals surface area contributed by atoms with Crippen molar-refractivity contribution in [3.63, 3.8) is 0 Å². The summed E-state index contributed by atoms with van der Waals surface area (Å²) in [7, 11) is -2.02. The molecule has 0 amide bonds. The minimum atomic E-state index is -4.13. The molecule has 5 nitrogen and oxygen atoms in total. The van der Waals surface area contributed by atoms with Gasteiger partial charge in [-0.3, -0.25) is 0 Å². The molecule has 26 heavy (non-hydrogen) atoms. The third-order valence-electron chi connectivity index (χ3n) is 4.34. The molecule has 1 aromatic heterocycles. The van der Waals surface area contributed by atoms with Crippen molar-refractivity contribution in [3.05, 3.63) is 54.1 Å². The summed E-state index contributed by atoms with van der Waals surface area (Å²) in [4.78, 5) is 0. The number of nitrogens with zero attached hydrogens (tertiary/aromatic N) is 2. The van der Waals surface area contributed by atoms with Crippen LogP contribution in [0.1, 0.15) is 56.8 Å². The lowest BCUT2D eigenvalue weighted by atomic mass is 10.1. The average Bonchev–Trinajstić information content (AvgIpc) is 2.90. The van der Waals surface area contributed by atoms with Crippen molar-refractivity contribution < 1.29 is 17.5 Å². The maximum atomic E-state index is 10.2. The third kappa shape index (κ3) is 9.73. The van der Waals surface area contributed by atoms with Gasteiger partial charge in [-0.25, -0.2) is 17.6 Å². The highest BCUT2D eigenvalue weighted by Gasteiger charge is 2.07. The lowest BCUT2D eigenvalue weighted by molar-refractivity contribution is -0.677. The topological polar surface area (TPSA) is 66.0 Å². The van der Waals surface area contributed by atoms with Gasteiger partial charge in [-0.15, -0.1) is 0 Å². The molecule has 0 aliphatic rings. The molecule has 0 spiro atoms. The molecule has 2 rings (SSSR count). The van der Waals surface area contributed by atoms with Crippen LogP contribution in [-0.2, 0) is 29.5 Å². The van der Waals surface area contributed by atoms with Crippen molar-refractivity contribution in [1.29, 1.82) is 0 Å². The van der Waals surface area contributed by atoms with Gasteiger partial charge in [0.15, 0.2) is 0 Å². The Balaban J connectivity index is 0.000000273. The van der Waals surface area contributed by atoms with Crippen molar-refractivity contribution in [2.24, 2.45) is 7.05 Å². The molecule has 2 aromatic rings. The maximum Gasteiger partial charge on any atom is 0.253 e. The Hall–Kier alpha value is -1.66. The van der Waals surface area contributed by atoms with Gasteiger partial charge in [-0.2, -0.15) is 0 Å². The van der Waals surface area contributed by atoms with E-state index in [1.54, 1.807) is 30.3 Å². The van der Waals surface area contributed by atoms with Crippen LogP contribution in [0.15, 0.2) is 42.7 Å². The van der Waals surface area contributed by atoms with E-state index >= 15 is 0 Å². The Morgan fingerprint density at radius 1 is 1.04 bits per heavy atom. The van der Waals surface area contributed by atoms with Crippen LogP contribution in [0.4, 0.5) is 0 Å². The Morgan fingerprint density at radius 3 is 2.19 bits per heavy atom. The van der Waals surface area contributed by atoms with Gasteiger partial charge < -0.3 is 4.55 Å². The first-order chi connectivity index (χ1) is 12.3. The first kappa shape index (κ1) is 22.4. The molecule has 146 valence electrons. The van der Waals surface area contributed by atoms with E-state index in [2.05, 4.69) is 42.4 Å². The summed E-state index contributed by atoms with van der Waals surface area (Å²) >= 11 is 0. The molecular formula is C20H32N2O3S. The lowest BCUT2D eigenvalue weighted by Gasteiger charge is -2.05. The molecule has 0 atom stereocenters. The number of aromatic nitrogens is 2. The zero-order valence-corrected chi connectivity index (χ0v) is 17.0. The van der Waals surface area contributed by atoms with Crippen molar-refractivity contribution in [3.8, 4) is 0 Å². The highest BCUT2D eigenvalue weighted by atomic mass is 32.2. The monoisotopic (exact) mass is 380 g/mol. The number of hydrogen-bond acceptors (Lipinski definition) is 3. The summed E-state index contributed by atoms with van der Waals surface area (Å²) in [5.74, 6) is 0.928. The van der Waals surface area contributed by atoms with E-state index in [9.17, 15) is 13.0 Å². The fraction of sp³-hybridized carbons (Fsp3) is 0.550. The highest BCUT2D eigenvalue weighted by molar-refractivity contribution is 7.84. The molecule has 0 saturated carbocycles. The lowest BCUT2D eigenvalue weighted by Crippen LogP contribution is -2.29. The number of aryl methyl sites for hydroxylation is 2. The van der Waals surface area contributed by atoms with E-state index < -0.39 is 15.9 Å². The fourth-order valence-corrected chi connectivity index (χ4v) is 3.28. The van der Waals surface area contributed by atoms with Crippen LogP contribution >= 0.6 is 0 Å². The predicted molar refractivity (Wildman–Crippen MR) is 104 cm³/mol. The van der Waals surface area contributed by atoms with E-state index in [1.807, 2.05) is 0 Å². The van der Waals surface area contributed by atoms with Crippen molar-refractivity contribution in [2.45, 2.75) is 64.7 Å². The van der Waals surface area contributed by atoms with Gasteiger partial charge in [0.1, 0.15) is 12.4 Å². The molecule has 0 unspecified atom stereocenters. The second-order valence-corrected chi connectivity index (χ2v) is 8.01. The van der Waals surface area contributed by atoms with Gasteiger partial charge in [0.2, 0.25) is 0 Å². The van der Waals surface area contributed by atoms with Gasteiger partial charge in [-0.1, -0.05) is 62.9 Å². The van der Waals surface area contributed by atoms with Crippen LogP contribution in [0.2, 0.25) is 0 Å². The smallest absolute Gasteiger partial charge is 0.253 e. The van der Waals surface area contributed by atoms with Crippen LogP contribution in [0.3, 0.4) is 0 Å². The van der Waals surface area contributed by atoms with Gasteiger partial charge in [-0.05, 0) is 18.4 Å². The molecule has 0 radical (unpaired) electrons. The average molecular weight is 381 g/mol. The zero-order valence-electron chi connectivity index (χ0n) is 16.2. The van der Waals surface area contributed by atoms with Crippen LogP contribution in [0, 0.1) is 6.92 Å². The molecule has 0 saturated heterocycles. The molecule has 1 aromatic carbocycles. The predicted octanol–water partition coefficient (Wildman–Crippen LogP) is 3.71. The SMILES string of the molecule is CCCCCCCCn1cc[n+](C)c1C.O=S(=O)([O-])Cc1ccccc1. The van der Waals surface area contributed by atoms with Crippen molar-refractivity contribution in [2.75, 3.05) is 0 Å². The first-order valence-electron chi connectivity index (χ1n) is 9.32. The summed E-state index contributed by atoms with van der Waals surface area (Å²) in [6.07, 6.45) is 12.6. The fourth-order valence-electron chi connectivity index (χ4n) is 2.68. The van der Waals surface area contributed by atoms with E-state index in [0.717, 1.165) is 0 Å². The summed E-state index contributed by atoms with van der Waals surface area (Å²) in [6, 6.07) is 8.37. The molecule has 0 aliphatic heterocycles. The Kier molecular flexibility index (Phi) is 10.2. The standard InChI is InChI=1S/C13H25N2.C7H8O3S/c1-4-5-6-7-8-9-10-15-12-11-14(3)13(15)2;8-11(9,10)6-7-4-2-1-3-5-7/h11-12H,4-10H2,1-3H3;1-5H,6H2,(H,8,9,10)/q+1;/p-1. The minimum absolute atomic E-state index is 0.423. The molecule has 0 aliphatic carbocycles. The third-order valence-corrected chi connectivity index (χ3v) is 5.02.